The molecule has 0 radical (unpaired) electrons. The van der Waals surface area contributed by atoms with E-state index >= 15 is 0 Å². The Bertz CT molecular complexity index is 726. The van der Waals surface area contributed by atoms with Crippen LogP contribution in [0.5, 0.6) is 0 Å². The topological polar surface area (TPSA) is 41.4 Å². The monoisotopic (exact) mass is 324 g/mol. The van der Waals surface area contributed by atoms with E-state index < -0.39 is 0 Å². The van der Waals surface area contributed by atoms with E-state index in [0.29, 0.717) is 5.91 Å². The molecule has 0 bridgehead atoms. The third-order valence-corrected chi connectivity index (χ3v) is 5.52. The van der Waals surface area contributed by atoms with Crippen LogP contribution in [-0.2, 0) is 18.4 Å². The fraction of sp³-hybridized carbons (Fsp3) is 0.474. The van der Waals surface area contributed by atoms with Crippen molar-refractivity contribution in [1.29, 1.82) is 0 Å². The Labute approximate surface area is 142 Å². The van der Waals surface area contributed by atoms with Gasteiger partial charge in [0.1, 0.15) is 5.82 Å². The number of hydrogen-bond donors (Lipinski definition) is 0. The summed E-state index contributed by atoms with van der Waals surface area (Å²) in [5.41, 5.74) is 0.819. The molecule has 0 saturated carbocycles. The fourth-order valence-corrected chi connectivity index (χ4v) is 4.16. The van der Waals surface area contributed by atoms with Gasteiger partial charge in [-0.1, -0.05) is 18.2 Å². The highest BCUT2D eigenvalue weighted by molar-refractivity contribution is 6.00. The van der Waals surface area contributed by atoms with E-state index in [2.05, 4.69) is 14.5 Å². The van der Waals surface area contributed by atoms with Gasteiger partial charge < -0.3 is 9.47 Å². The van der Waals surface area contributed by atoms with E-state index in [0.717, 1.165) is 57.0 Å². The zero-order chi connectivity index (χ0) is 16.6. The van der Waals surface area contributed by atoms with Crippen LogP contribution in [0, 0.1) is 5.41 Å². The number of imidazole rings is 1. The number of carbonyl (C=O) groups excluding carboxylic acids is 1. The van der Waals surface area contributed by atoms with Gasteiger partial charge in [-0.15, -0.1) is 0 Å². The molecule has 2 aliphatic heterocycles. The normalized spacial score (nSPS) is 24.9. The molecule has 2 fully saturated rings. The molecule has 0 N–H and O–H groups in total. The average Bonchev–Trinajstić information content (AvgIpc) is 3.14. The number of aromatic nitrogens is 2. The van der Waals surface area contributed by atoms with Gasteiger partial charge in [-0.2, -0.15) is 0 Å². The van der Waals surface area contributed by atoms with Crippen molar-refractivity contribution in [1.82, 2.24) is 14.5 Å². The first-order valence-corrected chi connectivity index (χ1v) is 8.74. The number of aryl methyl sites for hydroxylation is 1. The number of rotatable bonds is 3. The molecule has 4 rings (SSSR count). The second-order valence-electron chi connectivity index (χ2n) is 7.09. The summed E-state index contributed by atoms with van der Waals surface area (Å²) in [6.45, 7) is 3.55. The molecule has 1 aromatic heterocycles. The predicted molar refractivity (Wildman–Crippen MR) is 93.6 cm³/mol. The summed E-state index contributed by atoms with van der Waals surface area (Å²) in [6.07, 6.45) is 6.86. The number of hydrogen-bond acceptors (Lipinski definition) is 3. The standard InChI is InChI=1S/C19H24N4O/c1-21-13-10-20-17(21)14-22-11-5-8-19(15-22)9-12-23(18(19)24)16-6-3-2-4-7-16/h2-4,6-7,10,13H,5,8-9,11-12,14-15H2,1H3. The average molecular weight is 324 g/mol. The van der Waals surface area contributed by atoms with Gasteiger partial charge in [0.15, 0.2) is 0 Å². The first-order valence-electron chi connectivity index (χ1n) is 8.74. The van der Waals surface area contributed by atoms with Crippen molar-refractivity contribution in [3.63, 3.8) is 0 Å². The molecule has 3 heterocycles. The highest BCUT2D eigenvalue weighted by atomic mass is 16.2. The van der Waals surface area contributed by atoms with Crippen molar-refractivity contribution in [3.05, 3.63) is 48.5 Å². The Morgan fingerprint density at radius 1 is 1.17 bits per heavy atom. The summed E-state index contributed by atoms with van der Waals surface area (Å²) in [6, 6.07) is 10.1. The van der Waals surface area contributed by atoms with Crippen molar-refractivity contribution in [3.8, 4) is 0 Å². The third-order valence-electron chi connectivity index (χ3n) is 5.52. The summed E-state index contributed by atoms with van der Waals surface area (Å²) >= 11 is 0. The number of nitrogens with zero attached hydrogens (tertiary/aromatic N) is 4. The number of benzene rings is 1. The molecule has 2 aromatic rings. The van der Waals surface area contributed by atoms with Gasteiger partial charge in [0.2, 0.25) is 5.91 Å². The Kier molecular flexibility index (Phi) is 3.88. The Hall–Kier alpha value is -2.14. The van der Waals surface area contributed by atoms with Crippen LogP contribution in [0.4, 0.5) is 5.69 Å². The van der Waals surface area contributed by atoms with Gasteiger partial charge in [0.05, 0.1) is 12.0 Å². The fourth-order valence-electron chi connectivity index (χ4n) is 4.16. The zero-order valence-corrected chi connectivity index (χ0v) is 14.2. The number of amides is 1. The number of para-hydroxylation sites is 1. The molecule has 5 nitrogen and oxygen atoms in total. The van der Waals surface area contributed by atoms with E-state index in [4.69, 9.17) is 0 Å². The van der Waals surface area contributed by atoms with Crippen LogP contribution >= 0.6 is 0 Å². The number of piperidine rings is 1. The Balaban J connectivity index is 1.51. The van der Waals surface area contributed by atoms with Gasteiger partial charge in [-0.25, -0.2) is 4.98 Å². The lowest BCUT2D eigenvalue weighted by molar-refractivity contribution is -0.128. The van der Waals surface area contributed by atoms with E-state index in [1.54, 1.807) is 0 Å². The van der Waals surface area contributed by atoms with Crippen molar-refractivity contribution in [2.45, 2.75) is 25.8 Å². The smallest absolute Gasteiger partial charge is 0.234 e. The van der Waals surface area contributed by atoms with Crippen LogP contribution in [0.25, 0.3) is 0 Å². The van der Waals surface area contributed by atoms with E-state index in [1.165, 1.54) is 0 Å². The SMILES string of the molecule is Cn1ccnc1CN1CCCC2(CCN(c3ccccc3)C2=O)C1. The van der Waals surface area contributed by atoms with E-state index in [1.807, 2.05) is 54.7 Å². The molecule has 5 heteroatoms. The molecular formula is C19H24N4O. The quantitative estimate of drug-likeness (QED) is 0.871. The zero-order valence-electron chi connectivity index (χ0n) is 14.2. The van der Waals surface area contributed by atoms with E-state index in [-0.39, 0.29) is 5.41 Å². The molecule has 1 aromatic carbocycles. The van der Waals surface area contributed by atoms with Crippen molar-refractivity contribution < 1.29 is 4.79 Å². The number of likely N-dealkylation sites (tertiary alicyclic amines) is 1. The van der Waals surface area contributed by atoms with E-state index in [9.17, 15) is 4.79 Å². The molecule has 1 amide bonds. The second-order valence-corrected chi connectivity index (χ2v) is 7.09. The van der Waals surface area contributed by atoms with Crippen molar-refractivity contribution >= 4 is 11.6 Å². The molecule has 24 heavy (non-hydrogen) atoms. The molecule has 2 saturated heterocycles. The van der Waals surface area contributed by atoms with Gasteiger partial charge in [0.25, 0.3) is 0 Å². The van der Waals surface area contributed by atoms with Gasteiger partial charge in [0, 0.05) is 38.2 Å². The second kappa shape index (κ2) is 6.06. The number of carbonyl (C=O) groups is 1. The van der Waals surface area contributed by atoms with Crippen LogP contribution in [0.1, 0.15) is 25.1 Å². The Morgan fingerprint density at radius 2 is 2.00 bits per heavy atom. The maximum absolute atomic E-state index is 13.2. The summed E-state index contributed by atoms with van der Waals surface area (Å²) in [5.74, 6) is 1.37. The van der Waals surface area contributed by atoms with Crippen molar-refractivity contribution in [2.75, 3.05) is 24.5 Å². The first-order chi connectivity index (χ1) is 11.7. The largest absolute Gasteiger partial charge is 0.337 e. The summed E-state index contributed by atoms with van der Waals surface area (Å²) in [4.78, 5) is 22.0. The summed E-state index contributed by atoms with van der Waals surface area (Å²) < 4.78 is 2.06. The first kappa shape index (κ1) is 15.4. The molecule has 1 spiro atoms. The Morgan fingerprint density at radius 3 is 2.75 bits per heavy atom. The van der Waals surface area contributed by atoms with Crippen LogP contribution in [0.15, 0.2) is 42.7 Å². The predicted octanol–water partition coefficient (Wildman–Crippen LogP) is 2.44. The van der Waals surface area contributed by atoms with Gasteiger partial charge >= 0.3 is 0 Å². The van der Waals surface area contributed by atoms with Crippen LogP contribution in [0.2, 0.25) is 0 Å². The summed E-state index contributed by atoms with van der Waals surface area (Å²) in [5, 5.41) is 0. The van der Waals surface area contributed by atoms with Gasteiger partial charge in [-0.3, -0.25) is 9.69 Å². The lowest BCUT2D eigenvalue weighted by Gasteiger charge is -2.38. The number of anilines is 1. The molecule has 1 unspecified atom stereocenters. The highest BCUT2D eigenvalue weighted by Crippen LogP contribution is 2.42. The lowest BCUT2D eigenvalue weighted by Crippen LogP contribution is -2.47. The van der Waals surface area contributed by atoms with Crippen LogP contribution in [-0.4, -0.2) is 40.0 Å². The van der Waals surface area contributed by atoms with Crippen LogP contribution < -0.4 is 4.90 Å². The van der Waals surface area contributed by atoms with Crippen LogP contribution in [0.3, 0.4) is 0 Å². The van der Waals surface area contributed by atoms with Crippen molar-refractivity contribution in [2.24, 2.45) is 12.5 Å². The minimum atomic E-state index is -0.209. The minimum absolute atomic E-state index is 0.209. The lowest BCUT2D eigenvalue weighted by atomic mass is 9.78. The van der Waals surface area contributed by atoms with Gasteiger partial charge in [-0.05, 0) is 37.9 Å². The minimum Gasteiger partial charge on any atom is -0.337 e. The third kappa shape index (κ3) is 2.63. The highest BCUT2D eigenvalue weighted by Gasteiger charge is 2.49. The molecule has 126 valence electrons. The maximum atomic E-state index is 13.2. The molecule has 0 aliphatic carbocycles. The maximum Gasteiger partial charge on any atom is 0.234 e. The molecule has 1 atom stereocenters. The molecular weight excluding hydrogens is 300 g/mol. The summed E-state index contributed by atoms with van der Waals surface area (Å²) in [7, 11) is 2.03. The molecule has 2 aliphatic rings.